The van der Waals surface area contributed by atoms with Crippen molar-refractivity contribution < 1.29 is 25.8 Å². The van der Waals surface area contributed by atoms with E-state index in [9.17, 15) is 21.2 Å². The van der Waals surface area contributed by atoms with Crippen molar-refractivity contribution in [2.24, 2.45) is 5.92 Å². The highest BCUT2D eigenvalue weighted by atomic mass is 32.3. The Labute approximate surface area is 94.7 Å². The van der Waals surface area contributed by atoms with Crippen LogP contribution in [0.15, 0.2) is 0 Å². The summed E-state index contributed by atoms with van der Waals surface area (Å²) in [6.07, 6.45) is 1.47. The predicted molar refractivity (Wildman–Crippen MR) is 56.8 cm³/mol. The molecule has 1 atom stereocenters. The van der Waals surface area contributed by atoms with Crippen LogP contribution >= 0.6 is 0 Å². The number of alkyl halides is 1. The van der Waals surface area contributed by atoms with Gasteiger partial charge in [0.15, 0.2) is 0 Å². The smallest absolute Gasteiger partial charge is 0.282 e. The molecule has 0 aromatic carbocycles. The Balaban J connectivity index is 3.34. The van der Waals surface area contributed by atoms with Gasteiger partial charge in [0.05, 0.1) is 5.75 Å². The van der Waals surface area contributed by atoms with Gasteiger partial charge >= 0.3 is 14.5 Å². The third-order valence-electron chi connectivity index (χ3n) is 3.00. The van der Waals surface area contributed by atoms with Crippen LogP contribution in [0.5, 0.6) is 0 Å². The third-order valence-corrected chi connectivity index (χ3v) is 7.37. The average molecular weight is 274 g/mol. The van der Waals surface area contributed by atoms with Crippen LogP contribution in [-0.2, 0) is 20.0 Å². The number of sulfone groups is 1. The largest absolute Gasteiger partial charge is 0.336 e. The van der Waals surface area contributed by atoms with Gasteiger partial charge in [-0.3, -0.25) is 4.55 Å². The van der Waals surface area contributed by atoms with E-state index in [0.29, 0.717) is 12.8 Å². The highest BCUT2D eigenvalue weighted by Gasteiger charge is 2.60. The fourth-order valence-electron chi connectivity index (χ4n) is 2.09. The van der Waals surface area contributed by atoms with Gasteiger partial charge in [-0.25, -0.2) is 12.8 Å². The maximum atomic E-state index is 14.4. The Hall–Kier alpha value is -0.210. The van der Waals surface area contributed by atoms with Crippen molar-refractivity contribution in [3.8, 4) is 0 Å². The molecule has 0 spiro atoms. The molecule has 0 aromatic rings. The molecule has 8 heteroatoms. The summed E-state index contributed by atoms with van der Waals surface area (Å²) in [6, 6.07) is 0. The second-order valence-electron chi connectivity index (χ2n) is 3.94. The molecule has 0 amide bonds. The summed E-state index contributed by atoms with van der Waals surface area (Å²) in [4.78, 5) is 0. The molecule has 0 aromatic heterocycles. The summed E-state index contributed by atoms with van der Waals surface area (Å²) >= 11 is 0. The third kappa shape index (κ3) is 1.98. The standard InChI is InChI=1S/C8H15FO5S2/c1-2-15(10,11)8(9,16(12,13)14)7-5-3-4-6-7/h7H,2-6H2,1H3,(H,12,13,14). The molecule has 0 aliphatic heterocycles. The lowest BCUT2D eigenvalue weighted by Crippen LogP contribution is -2.48. The number of halogens is 1. The summed E-state index contributed by atoms with van der Waals surface area (Å²) in [5.41, 5.74) is 0. The van der Waals surface area contributed by atoms with Crippen LogP contribution in [0.1, 0.15) is 32.6 Å². The van der Waals surface area contributed by atoms with E-state index in [2.05, 4.69) is 0 Å². The number of hydrogen-bond donors (Lipinski definition) is 1. The predicted octanol–water partition coefficient (Wildman–Crippen LogP) is 1.12. The van der Waals surface area contributed by atoms with E-state index >= 15 is 0 Å². The second-order valence-corrected chi connectivity index (χ2v) is 8.15. The van der Waals surface area contributed by atoms with Crippen LogP contribution in [-0.4, -0.2) is 31.5 Å². The number of hydrogen-bond acceptors (Lipinski definition) is 4. The van der Waals surface area contributed by atoms with Gasteiger partial charge in [0.25, 0.3) is 0 Å². The van der Waals surface area contributed by atoms with Gasteiger partial charge in [-0.05, 0) is 12.8 Å². The lowest BCUT2D eigenvalue weighted by molar-refractivity contribution is 0.240. The van der Waals surface area contributed by atoms with Crippen molar-refractivity contribution in [1.82, 2.24) is 0 Å². The summed E-state index contributed by atoms with van der Waals surface area (Å²) < 4.78 is 64.9. The zero-order valence-electron chi connectivity index (χ0n) is 8.89. The Morgan fingerprint density at radius 2 is 1.69 bits per heavy atom. The van der Waals surface area contributed by atoms with Crippen LogP contribution in [0.2, 0.25) is 0 Å². The van der Waals surface area contributed by atoms with Crippen molar-refractivity contribution in [2.45, 2.75) is 36.9 Å². The lowest BCUT2D eigenvalue weighted by atomic mass is 10.1. The lowest BCUT2D eigenvalue weighted by Gasteiger charge is -2.27. The van der Waals surface area contributed by atoms with Gasteiger partial charge in [-0.15, -0.1) is 0 Å². The monoisotopic (exact) mass is 274 g/mol. The maximum absolute atomic E-state index is 14.4. The zero-order chi connectivity index (χ0) is 12.6. The minimum Gasteiger partial charge on any atom is -0.282 e. The van der Waals surface area contributed by atoms with Crippen LogP contribution in [0, 0.1) is 5.92 Å². The highest BCUT2D eigenvalue weighted by Crippen LogP contribution is 2.43. The summed E-state index contributed by atoms with van der Waals surface area (Å²) in [7, 11) is -9.78. The van der Waals surface area contributed by atoms with E-state index in [1.807, 2.05) is 0 Å². The molecule has 1 fully saturated rings. The molecule has 16 heavy (non-hydrogen) atoms. The Bertz CT molecular complexity index is 449. The van der Waals surface area contributed by atoms with Crippen molar-refractivity contribution in [2.75, 3.05) is 5.75 Å². The summed E-state index contributed by atoms with van der Waals surface area (Å²) in [5, 5.41) is 0. The molecule has 1 aliphatic carbocycles. The Kier molecular flexibility index (Phi) is 3.66. The topological polar surface area (TPSA) is 88.5 Å². The van der Waals surface area contributed by atoms with Crippen LogP contribution in [0.3, 0.4) is 0 Å². The van der Waals surface area contributed by atoms with Crippen molar-refractivity contribution in [3.05, 3.63) is 0 Å². The van der Waals surface area contributed by atoms with E-state index in [1.165, 1.54) is 0 Å². The molecule has 1 rings (SSSR count). The van der Waals surface area contributed by atoms with E-state index in [1.54, 1.807) is 0 Å². The Morgan fingerprint density at radius 1 is 1.25 bits per heavy atom. The first-order valence-electron chi connectivity index (χ1n) is 5.05. The van der Waals surface area contributed by atoms with E-state index in [0.717, 1.165) is 6.92 Å². The van der Waals surface area contributed by atoms with Gasteiger partial charge in [0.1, 0.15) is 0 Å². The minimum atomic E-state index is -5.27. The molecule has 0 bridgehead atoms. The van der Waals surface area contributed by atoms with Crippen molar-refractivity contribution in [1.29, 1.82) is 0 Å². The molecule has 1 unspecified atom stereocenters. The Morgan fingerprint density at radius 3 is 2.00 bits per heavy atom. The van der Waals surface area contributed by atoms with E-state index in [4.69, 9.17) is 4.55 Å². The number of rotatable bonds is 4. The van der Waals surface area contributed by atoms with E-state index < -0.39 is 36.0 Å². The van der Waals surface area contributed by atoms with Crippen LogP contribution in [0.25, 0.3) is 0 Å². The average Bonchev–Trinajstić information content (AvgIpc) is 2.67. The van der Waals surface area contributed by atoms with Gasteiger partial charge in [-0.1, -0.05) is 19.8 Å². The molecule has 0 radical (unpaired) electrons. The van der Waals surface area contributed by atoms with Gasteiger partial charge in [0, 0.05) is 5.92 Å². The summed E-state index contributed by atoms with van der Waals surface area (Å²) in [6.45, 7) is 1.16. The normalized spacial score (nSPS) is 23.2. The molecule has 5 nitrogen and oxygen atoms in total. The maximum Gasteiger partial charge on any atom is 0.336 e. The fourth-order valence-corrected chi connectivity index (χ4v) is 5.52. The zero-order valence-corrected chi connectivity index (χ0v) is 10.5. The molecule has 1 saturated carbocycles. The SMILES string of the molecule is CCS(=O)(=O)C(F)(C1CCCC1)S(=O)(=O)O. The second kappa shape index (κ2) is 4.23. The highest BCUT2D eigenvalue weighted by molar-refractivity contribution is 8.07. The molecule has 96 valence electrons. The van der Waals surface area contributed by atoms with E-state index in [-0.39, 0.29) is 12.8 Å². The van der Waals surface area contributed by atoms with Gasteiger partial charge in [0.2, 0.25) is 9.84 Å². The fraction of sp³-hybridized carbons (Fsp3) is 1.00. The molecule has 0 saturated heterocycles. The van der Waals surface area contributed by atoms with Crippen LogP contribution < -0.4 is 0 Å². The molecule has 1 N–H and O–H groups in total. The molecular formula is C8H15FO5S2. The van der Waals surface area contributed by atoms with Crippen molar-refractivity contribution in [3.63, 3.8) is 0 Å². The molecule has 0 heterocycles. The first kappa shape index (κ1) is 13.9. The van der Waals surface area contributed by atoms with Crippen LogP contribution in [0.4, 0.5) is 4.39 Å². The summed E-state index contributed by atoms with van der Waals surface area (Å²) in [5.74, 6) is -1.81. The molecular weight excluding hydrogens is 259 g/mol. The molecule has 1 aliphatic rings. The van der Waals surface area contributed by atoms with Crippen molar-refractivity contribution >= 4 is 20.0 Å². The first-order valence-corrected chi connectivity index (χ1v) is 8.14. The van der Waals surface area contributed by atoms with Gasteiger partial charge < -0.3 is 0 Å². The first-order chi connectivity index (χ1) is 7.17. The quantitative estimate of drug-likeness (QED) is 0.776. The van der Waals surface area contributed by atoms with Gasteiger partial charge in [-0.2, -0.15) is 8.42 Å². The minimum absolute atomic E-state index is 0.162.